The van der Waals surface area contributed by atoms with Crippen molar-refractivity contribution >= 4 is 0 Å². The van der Waals surface area contributed by atoms with Crippen molar-refractivity contribution in [2.24, 2.45) is 11.5 Å². The fraction of sp³-hybridized carbons (Fsp3) is 0.250. The van der Waals surface area contributed by atoms with Crippen LogP contribution < -0.4 is 11.5 Å². The summed E-state index contributed by atoms with van der Waals surface area (Å²) in [5.74, 6) is 0.553. The molecule has 0 bridgehead atoms. The fourth-order valence-corrected chi connectivity index (χ4v) is 2.47. The standard InChI is InChI=1S/C16H20N2/c17-11-15(13-7-3-1-4-8-13)16(12-18)14-9-5-2-6-10-14/h1-10,15-16H,11-12,17-18H2/t15-,16-/m1/s1. The zero-order valence-corrected chi connectivity index (χ0v) is 10.5. The monoisotopic (exact) mass is 240 g/mol. The number of hydrogen-bond donors (Lipinski definition) is 2. The molecule has 0 heterocycles. The van der Waals surface area contributed by atoms with E-state index >= 15 is 0 Å². The predicted octanol–water partition coefficient (Wildman–Crippen LogP) is 2.47. The van der Waals surface area contributed by atoms with E-state index in [1.807, 2.05) is 12.1 Å². The first-order valence-electron chi connectivity index (χ1n) is 6.37. The summed E-state index contributed by atoms with van der Waals surface area (Å²) in [4.78, 5) is 0. The van der Waals surface area contributed by atoms with E-state index in [9.17, 15) is 0 Å². The number of benzene rings is 2. The molecule has 2 heteroatoms. The number of hydrogen-bond acceptors (Lipinski definition) is 2. The Morgan fingerprint density at radius 2 is 0.944 bits per heavy atom. The van der Waals surface area contributed by atoms with Crippen molar-refractivity contribution in [1.82, 2.24) is 0 Å². The minimum absolute atomic E-state index is 0.276. The first kappa shape index (κ1) is 12.8. The van der Waals surface area contributed by atoms with Crippen LogP contribution in [0.15, 0.2) is 60.7 Å². The third-order valence-corrected chi connectivity index (χ3v) is 3.45. The molecule has 0 saturated carbocycles. The van der Waals surface area contributed by atoms with Gasteiger partial charge in [0.05, 0.1) is 0 Å². The van der Waals surface area contributed by atoms with E-state index in [0.717, 1.165) is 0 Å². The van der Waals surface area contributed by atoms with Crippen LogP contribution in [0.5, 0.6) is 0 Å². The minimum Gasteiger partial charge on any atom is -0.330 e. The highest BCUT2D eigenvalue weighted by molar-refractivity contribution is 5.29. The molecule has 2 atom stereocenters. The molecule has 0 amide bonds. The molecule has 2 aromatic rings. The number of rotatable bonds is 5. The van der Waals surface area contributed by atoms with E-state index in [-0.39, 0.29) is 11.8 Å². The lowest BCUT2D eigenvalue weighted by atomic mass is 9.81. The van der Waals surface area contributed by atoms with Crippen molar-refractivity contribution in [1.29, 1.82) is 0 Å². The molecule has 18 heavy (non-hydrogen) atoms. The third kappa shape index (κ3) is 2.78. The van der Waals surface area contributed by atoms with Crippen LogP contribution in [-0.4, -0.2) is 13.1 Å². The van der Waals surface area contributed by atoms with E-state index < -0.39 is 0 Å². The molecule has 0 unspecified atom stereocenters. The molecular weight excluding hydrogens is 220 g/mol. The van der Waals surface area contributed by atoms with Crippen LogP contribution in [0.4, 0.5) is 0 Å². The lowest BCUT2D eigenvalue weighted by Crippen LogP contribution is -2.26. The Kier molecular flexibility index (Phi) is 4.51. The fourth-order valence-electron chi connectivity index (χ4n) is 2.47. The molecule has 0 fully saturated rings. The molecule has 4 N–H and O–H groups in total. The molecule has 0 spiro atoms. The highest BCUT2D eigenvalue weighted by Gasteiger charge is 2.21. The van der Waals surface area contributed by atoms with E-state index in [4.69, 9.17) is 11.5 Å². The van der Waals surface area contributed by atoms with Crippen molar-refractivity contribution in [2.75, 3.05) is 13.1 Å². The summed E-state index contributed by atoms with van der Waals surface area (Å²) >= 11 is 0. The van der Waals surface area contributed by atoms with Crippen LogP contribution in [-0.2, 0) is 0 Å². The second kappa shape index (κ2) is 6.34. The van der Waals surface area contributed by atoms with Crippen molar-refractivity contribution in [2.45, 2.75) is 11.8 Å². The van der Waals surface area contributed by atoms with Crippen molar-refractivity contribution in [3.05, 3.63) is 71.8 Å². The third-order valence-electron chi connectivity index (χ3n) is 3.45. The average Bonchev–Trinajstić information content (AvgIpc) is 2.46. The van der Waals surface area contributed by atoms with Crippen molar-refractivity contribution < 1.29 is 0 Å². The van der Waals surface area contributed by atoms with Gasteiger partial charge in [0.1, 0.15) is 0 Å². The van der Waals surface area contributed by atoms with Crippen molar-refractivity contribution in [3.8, 4) is 0 Å². The van der Waals surface area contributed by atoms with Gasteiger partial charge in [0, 0.05) is 11.8 Å². The normalized spacial score (nSPS) is 14.1. The molecule has 2 nitrogen and oxygen atoms in total. The summed E-state index contributed by atoms with van der Waals surface area (Å²) in [5, 5.41) is 0. The highest BCUT2D eigenvalue weighted by Crippen LogP contribution is 2.31. The summed E-state index contributed by atoms with van der Waals surface area (Å²) in [5.41, 5.74) is 14.5. The molecule has 0 radical (unpaired) electrons. The zero-order chi connectivity index (χ0) is 12.8. The van der Waals surface area contributed by atoms with E-state index in [2.05, 4.69) is 48.5 Å². The summed E-state index contributed by atoms with van der Waals surface area (Å²) in [7, 11) is 0. The van der Waals surface area contributed by atoms with Gasteiger partial charge in [-0.05, 0) is 24.2 Å². The molecule has 2 aromatic carbocycles. The highest BCUT2D eigenvalue weighted by atomic mass is 14.6. The second-order valence-electron chi connectivity index (χ2n) is 4.51. The Morgan fingerprint density at radius 1 is 0.611 bits per heavy atom. The van der Waals surface area contributed by atoms with Crippen LogP contribution in [0, 0.1) is 0 Å². The maximum atomic E-state index is 5.96. The van der Waals surface area contributed by atoms with Gasteiger partial charge in [0.15, 0.2) is 0 Å². The Hall–Kier alpha value is -1.64. The summed E-state index contributed by atoms with van der Waals surface area (Å²) in [6.45, 7) is 1.22. The maximum Gasteiger partial charge on any atom is 0.00420 e. The van der Waals surface area contributed by atoms with Gasteiger partial charge in [-0.3, -0.25) is 0 Å². The topological polar surface area (TPSA) is 52.0 Å². The molecule has 94 valence electrons. The Labute approximate surface area is 109 Å². The first-order valence-corrected chi connectivity index (χ1v) is 6.37. The van der Waals surface area contributed by atoms with Gasteiger partial charge in [-0.2, -0.15) is 0 Å². The van der Waals surface area contributed by atoms with Gasteiger partial charge in [-0.15, -0.1) is 0 Å². The lowest BCUT2D eigenvalue weighted by molar-refractivity contribution is 0.553. The quantitative estimate of drug-likeness (QED) is 0.843. The van der Waals surface area contributed by atoms with Gasteiger partial charge in [-0.25, -0.2) is 0 Å². The van der Waals surface area contributed by atoms with Gasteiger partial charge in [-0.1, -0.05) is 60.7 Å². The zero-order valence-electron chi connectivity index (χ0n) is 10.5. The largest absolute Gasteiger partial charge is 0.330 e. The summed E-state index contributed by atoms with van der Waals surface area (Å²) in [6, 6.07) is 20.8. The van der Waals surface area contributed by atoms with Gasteiger partial charge >= 0.3 is 0 Å². The predicted molar refractivity (Wildman–Crippen MR) is 76.5 cm³/mol. The van der Waals surface area contributed by atoms with Gasteiger partial charge < -0.3 is 11.5 Å². The smallest absolute Gasteiger partial charge is 0.00420 e. The van der Waals surface area contributed by atoms with Crippen LogP contribution in [0.1, 0.15) is 23.0 Å². The van der Waals surface area contributed by atoms with Gasteiger partial charge in [0.2, 0.25) is 0 Å². The first-order chi connectivity index (χ1) is 8.86. The molecular formula is C16H20N2. The Morgan fingerprint density at radius 3 is 1.22 bits per heavy atom. The SMILES string of the molecule is NC[C@H](c1ccccc1)[C@H](CN)c1ccccc1. The van der Waals surface area contributed by atoms with Crippen LogP contribution >= 0.6 is 0 Å². The van der Waals surface area contributed by atoms with E-state index in [1.165, 1.54) is 11.1 Å². The van der Waals surface area contributed by atoms with E-state index in [1.54, 1.807) is 0 Å². The Bertz CT molecular complexity index is 408. The second-order valence-corrected chi connectivity index (χ2v) is 4.51. The maximum absolute atomic E-state index is 5.96. The average molecular weight is 240 g/mol. The number of nitrogens with two attached hydrogens (primary N) is 2. The lowest BCUT2D eigenvalue weighted by Gasteiger charge is -2.25. The molecule has 2 rings (SSSR count). The molecule has 0 aliphatic heterocycles. The summed E-state index contributed by atoms with van der Waals surface area (Å²) in [6.07, 6.45) is 0. The minimum atomic E-state index is 0.276. The molecule has 0 aromatic heterocycles. The Balaban J connectivity index is 2.31. The van der Waals surface area contributed by atoms with Crippen LogP contribution in [0.25, 0.3) is 0 Å². The van der Waals surface area contributed by atoms with Crippen LogP contribution in [0.2, 0.25) is 0 Å². The summed E-state index contributed by atoms with van der Waals surface area (Å²) < 4.78 is 0. The van der Waals surface area contributed by atoms with Crippen molar-refractivity contribution in [3.63, 3.8) is 0 Å². The van der Waals surface area contributed by atoms with Crippen LogP contribution in [0.3, 0.4) is 0 Å². The van der Waals surface area contributed by atoms with Gasteiger partial charge in [0.25, 0.3) is 0 Å². The molecule has 0 aliphatic carbocycles. The molecule has 0 aliphatic rings. The van der Waals surface area contributed by atoms with E-state index in [0.29, 0.717) is 13.1 Å². The molecule has 0 saturated heterocycles.